The van der Waals surface area contributed by atoms with Gasteiger partial charge >= 0.3 is 6.09 Å². The summed E-state index contributed by atoms with van der Waals surface area (Å²) in [5, 5.41) is 18.5. The van der Waals surface area contributed by atoms with E-state index in [1.165, 1.54) is 15.6 Å². The molecule has 0 radical (unpaired) electrons. The van der Waals surface area contributed by atoms with Crippen molar-refractivity contribution < 1.29 is 32.5 Å². The molecule has 5 rings (SSSR count). The van der Waals surface area contributed by atoms with Crippen LogP contribution in [0.2, 0.25) is 0 Å². The molecule has 47 heavy (non-hydrogen) atoms. The van der Waals surface area contributed by atoms with Crippen molar-refractivity contribution in [2.45, 2.75) is 62.5 Å². The van der Waals surface area contributed by atoms with E-state index in [-0.39, 0.29) is 49.1 Å². The number of anilines is 1. The number of aliphatic hydroxyl groups is 1. The van der Waals surface area contributed by atoms with Crippen molar-refractivity contribution in [3.05, 3.63) is 54.1 Å². The van der Waals surface area contributed by atoms with Crippen molar-refractivity contribution >= 4 is 42.8 Å². The van der Waals surface area contributed by atoms with Crippen LogP contribution in [0.5, 0.6) is 0 Å². The lowest BCUT2D eigenvalue weighted by Crippen LogP contribution is -2.51. The van der Waals surface area contributed by atoms with Crippen molar-refractivity contribution in [1.82, 2.24) is 19.5 Å². The summed E-state index contributed by atoms with van der Waals surface area (Å²) in [4.78, 5) is 20.0. The van der Waals surface area contributed by atoms with Crippen LogP contribution in [-0.2, 0) is 30.7 Å². The van der Waals surface area contributed by atoms with Gasteiger partial charge < -0.3 is 34.9 Å². The quantitative estimate of drug-likeness (QED) is 0.190. The molecule has 2 saturated heterocycles. The Labute approximate surface area is 281 Å². The number of benzene rings is 2. The van der Waals surface area contributed by atoms with Gasteiger partial charge in [0.15, 0.2) is 11.4 Å². The Bertz CT molecular complexity index is 1570. The number of aliphatic hydroxyl groups excluding tert-OH is 1. The van der Waals surface area contributed by atoms with Gasteiger partial charge in [0, 0.05) is 19.6 Å². The van der Waals surface area contributed by atoms with E-state index in [4.69, 9.17) is 14.2 Å². The highest BCUT2D eigenvalue weighted by Crippen LogP contribution is 2.33. The van der Waals surface area contributed by atoms with Crippen LogP contribution in [0.4, 0.5) is 9.93 Å². The van der Waals surface area contributed by atoms with Crippen LogP contribution in [0.3, 0.4) is 0 Å². The third-order valence-electron chi connectivity index (χ3n) is 8.33. The smallest absolute Gasteiger partial charge is 0.407 e. The van der Waals surface area contributed by atoms with Crippen molar-refractivity contribution in [2.24, 2.45) is 11.8 Å². The fourth-order valence-electron chi connectivity index (χ4n) is 5.92. The summed E-state index contributed by atoms with van der Waals surface area (Å²) in [5.74, 6) is -0.0488. The number of hydrogen-bond acceptors (Lipinski definition) is 11. The lowest BCUT2D eigenvalue weighted by atomic mass is 10.0. The third kappa shape index (κ3) is 9.40. The maximum absolute atomic E-state index is 14.1. The first-order chi connectivity index (χ1) is 22.5. The second kappa shape index (κ2) is 16.0. The van der Waals surface area contributed by atoms with Crippen molar-refractivity contribution in [2.75, 3.05) is 58.8 Å². The molecule has 2 aliphatic heterocycles. The molecule has 0 bridgehead atoms. The first-order valence-corrected chi connectivity index (χ1v) is 18.5. The average molecular weight is 690 g/mol. The molecular weight excluding hydrogens is 643 g/mol. The molecule has 12 nitrogen and oxygen atoms in total. The maximum atomic E-state index is 14.1. The molecule has 3 N–H and O–H groups in total. The standard InChI is InChI=1S/C33H47N5O7S2/c1-22(2)19-38(47(41,42)24-11-12-26-30(18-24)46-32(35-26)34-14-8-15-37(3)4)20-28(39)27(17-23-9-6-5-7-10-23)36-33(40)45-29-21-44-31-25(29)13-16-43-31/h5-7,9-12,18,22,25,27-29,31,39H,8,13-17,19-21H2,1-4H3,(H,34,35)(H,36,40)/t25-,27-,28+,29-,31+/m0/s1. The number of ether oxygens (including phenoxy) is 3. The highest BCUT2D eigenvalue weighted by atomic mass is 32.2. The monoisotopic (exact) mass is 689 g/mol. The van der Waals surface area contributed by atoms with Crippen LogP contribution in [0.1, 0.15) is 32.3 Å². The molecule has 0 spiro atoms. The molecule has 2 aromatic carbocycles. The molecule has 258 valence electrons. The zero-order chi connectivity index (χ0) is 33.6. The number of sulfonamides is 1. The Morgan fingerprint density at radius 3 is 2.68 bits per heavy atom. The summed E-state index contributed by atoms with van der Waals surface area (Å²) in [7, 11) is 0.0444. The number of amides is 1. The summed E-state index contributed by atoms with van der Waals surface area (Å²) < 4.78 is 47.1. The Kier molecular flexibility index (Phi) is 12.1. The largest absolute Gasteiger partial charge is 0.443 e. The SMILES string of the molecule is CC(C)CN(C[C@@H](O)[C@H](Cc1ccccc1)NC(=O)O[C@H]1CO[C@H]2OCC[C@H]21)S(=O)(=O)c1ccc2nc(NCCCN(C)C)sc2c1. The van der Waals surface area contributed by atoms with Gasteiger partial charge in [-0.05, 0) is 69.6 Å². The number of nitrogens with zero attached hydrogens (tertiary/aromatic N) is 3. The summed E-state index contributed by atoms with van der Waals surface area (Å²) in [6.45, 7) is 6.33. The number of nitrogens with one attached hydrogen (secondary N) is 2. The van der Waals surface area contributed by atoms with Gasteiger partial charge in [0.25, 0.3) is 0 Å². The number of carbonyl (C=O) groups is 1. The number of carbonyl (C=O) groups excluding carboxylic acids is 1. The highest BCUT2D eigenvalue weighted by Gasteiger charge is 2.44. The second-order valence-electron chi connectivity index (χ2n) is 12.9. The minimum absolute atomic E-state index is 0.0171. The Morgan fingerprint density at radius 2 is 1.94 bits per heavy atom. The van der Waals surface area contributed by atoms with Crippen molar-refractivity contribution in [1.29, 1.82) is 0 Å². The Morgan fingerprint density at radius 1 is 1.15 bits per heavy atom. The molecule has 14 heteroatoms. The van der Waals surface area contributed by atoms with Gasteiger partial charge in [0.1, 0.15) is 6.10 Å². The molecular formula is C33H47N5O7S2. The third-order valence-corrected chi connectivity index (χ3v) is 11.1. The van der Waals surface area contributed by atoms with Crippen LogP contribution < -0.4 is 10.6 Å². The number of aromatic nitrogens is 1. The fourth-order valence-corrected chi connectivity index (χ4v) is 8.57. The van der Waals surface area contributed by atoms with E-state index in [1.54, 1.807) is 18.2 Å². The second-order valence-corrected chi connectivity index (χ2v) is 15.9. The van der Waals surface area contributed by atoms with E-state index in [1.807, 2.05) is 58.3 Å². The number of alkyl carbamates (subject to hydrolysis) is 1. The fraction of sp³-hybridized carbons (Fsp3) is 0.576. The van der Waals surface area contributed by atoms with Gasteiger partial charge in [-0.15, -0.1) is 0 Å². The molecule has 2 aliphatic rings. The van der Waals surface area contributed by atoms with Gasteiger partial charge in [-0.1, -0.05) is 55.5 Å². The van der Waals surface area contributed by atoms with E-state index < -0.39 is 34.4 Å². The summed E-state index contributed by atoms with van der Waals surface area (Å²) in [6, 6.07) is 13.5. The van der Waals surface area contributed by atoms with Crippen LogP contribution in [0.15, 0.2) is 53.4 Å². The summed E-state index contributed by atoms with van der Waals surface area (Å²) in [5.41, 5.74) is 1.60. The van der Waals surface area contributed by atoms with Crippen molar-refractivity contribution in [3.63, 3.8) is 0 Å². The number of fused-ring (bicyclic) bond motifs is 2. The summed E-state index contributed by atoms with van der Waals surface area (Å²) >= 11 is 1.41. The summed E-state index contributed by atoms with van der Waals surface area (Å²) in [6.07, 6.45) is -0.769. The van der Waals surface area contributed by atoms with Crippen molar-refractivity contribution in [3.8, 4) is 0 Å². The van der Waals surface area contributed by atoms with Gasteiger partial charge in [-0.3, -0.25) is 0 Å². The first kappa shape index (κ1) is 35.5. The van der Waals surface area contributed by atoms with Crippen LogP contribution >= 0.6 is 11.3 Å². The minimum atomic E-state index is -4.02. The number of thiazole rings is 1. The van der Waals surface area contributed by atoms with Gasteiger partial charge in [0.2, 0.25) is 10.0 Å². The molecule has 0 saturated carbocycles. The molecule has 2 fully saturated rings. The molecule has 1 amide bonds. The van der Waals surface area contributed by atoms with E-state index in [2.05, 4.69) is 20.5 Å². The van der Waals surface area contributed by atoms with E-state index in [0.29, 0.717) is 12.1 Å². The lowest BCUT2D eigenvalue weighted by Gasteiger charge is -2.31. The average Bonchev–Trinajstić information content (AvgIpc) is 3.75. The predicted molar refractivity (Wildman–Crippen MR) is 182 cm³/mol. The first-order valence-electron chi connectivity index (χ1n) is 16.2. The molecule has 0 aliphatic carbocycles. The van der Waals surface area contributed by atoms with Gasteiger partial charge in [-0.2, -0.15) is 4.31 Å². The normalized spacial score (nSPS) is 21.0. The van der Waals surface area contributed by atoms with Gasteiger partial charge in [-0.25, -0.2) is 18.2 Å². The molecule has 1 aromatic heterocycles. The predicted octanol–water partition coefficient (Wildman–Crippen LogP) is 3.77. The van der Waals surface area contributed by atoms with E-state index in [0.717, 1.165) is 41.3 Å². The van der Waals surface area contributed by atoms with Crippen LogP contribution in [0.25, 0.3) is 10.2 Å². The van der Waals surface area contributed by atoms with Crippen LogP contribution in [0, 0.1) is 11.8 Å². The minimum Gasteiger partial charge on any atom is -0.443 e. The Hall–Kier alpha value is -2.85. The topological polar surface area (TPSA) is 143 Å². The van der Waals surface area contributed by atoms with E-state index in [9.17, 15) is 18.3 Å². The molecule has 3 heterocycles. The zero-order valence-corrected chi connectivity index (χ0v) is 29.1. The molecule has 5 atom stereocenters. The zero-order valence-electron chi connectivity index (χ0n) is 27.5. The Balaban J connectivity index is 1.31. The number of rotatable bonds is 16. The molecule has 0 unspecified atom stereocenters. The maximum Gasteiger partial charge on any atom is 0.407 e. The van der Waals surface area contributed by atoms with Crippen LogP contribution in [-0.4, -0.2) is 112 Å². The lowest BCUT2D eigenvalue weighted by molar-refractivity contribution is -0.0907. The highest BCUT2D eigenvalue weighted by molar-refractivity contribution is 7.89. The van der Waals surface area contributed by atoms with Gasteiger partial charge in [0.05, 0.1) is 46.4 Å². The molecule has 3 aromatic rings. The van der Waals surface area contributed by atoms with E-state index >= 15 is 0 Å². The number of hydrogen-bond donors (Lipinski definition) is 3.